The first-order valence-electron chi connectivity index (χ1n) is 9.62. The molecule has 6 nitrogen and oxygen atoms in total. The molecule has 0 unspecified atom stereocenters. The van der Waals surface area contributed by atoms with Crippen LogP contribution in [0.25, 0.3) is 0 Å². The number of aromatic nitrogens is 1. The summed E-state index contributed by atoms with van der Waals surface area (Å²) in [6, 6.07) is 2.51. The Bertz CT molecular complexity index is 710. The van der Waals surface area contributed by atoms with Gasteiger partial charge in [-0.25, -0.2) is 9.88 Å². The third-order valence-corrected chi connectivity index (χ3v) is 5.93. The van der Waals surface area contributed by atoms with Gasteiger partial charge in [-0.2, -0.15) is 13.2 Å². The van der Waals surface area contributed by atoms with E-state index < -0.39 is 11.7 Å². The highest BCUT2D eigenvalue weighted by atomic mass is 19.4. The molecule has 0 aromatic carbocycles. The molecule has 0 saturated carbocycles. The van der Waals surface area contributed by atoms with Crippen LogP contribution in [0.4, 0.5) is 19.0 Å². The molecule has 2 aliphatic rings. The number of hydrogen-bond donors (Lipinski definition) is 1. The van der Waals surface area contributed by atoms with Gasteiger partial charge in [-0.05, 0) is 17.9 Å². The van der Waals surface area contributed by atoms with Gasteiger partial charge in [0.05, 0.1) is 5.56 Å². The molecule has 3 rings (SSSR count). The Morgan fingerprint density at radius 3 is 2.21 bits per heavy atom. The van der Waals surface area contributed by atoms with Gasteiger partial charge in [0.2, 0.25) is 11.8 Å². The lowest BCUT2D eigenvalue weighted by Crippen LogP contribution is -3.16. The fourth-order valence-electron chi connectivity index (χ4n) is 3.78. The molecule has 1 aromatic rings. The van der Waals surface area contributed by atoms with E-state index in [9.17, 15) is 22.8 Å². The summed E-state index contributed by atoms with van der Waals surface area (Å²) in [4.78, 5) is 32.1. The van der Waals surface area contributed by atoms with Crippen LogP contribution in [0.2, 0.25) is 0 Å². The van der Waals surface area contributed by atoms with E-state index in [0.29, 0.717) is 51.5 Å². The molecule has 9 heteroatoms. The molecule has 0 aliphatic carbocycles. The van der Waals surface area contributed by atoms with Crippen molar-refractivity contribution in [3.8, 4) is 0 Å². The standard InChI is InChI=1S/C19H25F3N4O2/c1-3-18(2)10-16(27)26(17(28)11-18)13-24-6-8-25(9-7-24)15-5-4-14(12-23-15)19(20,21)22/h4-5,12H,3,6-11,13H2,1-2H3/p+2. The van der Waals surface area contributed by atoms with Crippen molar-refractivity contribution in [1.29, 1.82) is 0 Å². The van der Waals surface area contributed by atoms with Crippen molar-refractivity contribution >= 4 is 17.6 Å². The number of rotatable bonds is 4. The van der Waals surface area contributed by atoms with Crippen LogP contribution in [0.3, 0.4) is 0 Å². The zero-order valence-electron chi connectivity index (χ0n) is 16.2. The first kappa shape index (κ1) is 20.6. The lowest BCUT2D eigenvalue weighted by atomic mass is 9.77. The lowest BCUT2D eigenvalue weighted by Gasteiger charge is -2.38. The average molecular weight is 400 g/mol. The van der Waals surface area contributed by atoms with Crippen LogP contribution in [-0.2, 0) is 15.8 Å². The average Bonchev–Trinajstić information content (AvgIpc) is 2.65. The molecular formula is C19H27F3N4O2+2. The molecule has 28 heavy (non-hydrogen) atoms. The fourth-order valence-corrected chi connectivity index (χ4v) is 3.78. The quantitative estimate of drug-likeness (QED) is 0.759. The molecule has 2 N–H and O–H groups in total. The lowest BCUT2D eigenvalue weighted by molar-refractivity contribution is -0.908. The minimum atomic E-state index is -4.36. The van der Waals surface area contributed by atoms with Gasteiger partial charge in [-0.15, -0.1) is 0 Å². The molecule has 3 heterocycles. The van der Waals surface area contributed by atoms with E-state index >= 15 is 0 Å². The number of quaternary nitrogens is 1. The first-order chi connectivity index (χ1) is 13.1. The molecule has 2 amide bonds. The predicted molar refractivity (Wildman–Crippen MR) is 95.3 cm³/mol. The molecule has 0 bridgehead atoms. The van der Waals surface area contributed by atoms with Crippen molar-refractivity contribution < 1.29 is 32.6 Å². The number of piperidine rings is 1. The zero-order valence-corrected chi connectivity index (χ0v) is 16.2. The Morgan fingerprint density at radius 1 is 1.14 bits per heavy atom. The van der Waals surface area contributed by atoms with E-state index in [2.05, 4.69) is 4.98 Å². The van der Waals surface area contributed by atoms with Crippen molar-refractivity contribution in [3.63, 3.8) is 0 Å². The maximum absolute atomic E-state index is 12.7. The number of likely N-dealkylation sites (tertiary alicyclic amines) is 1. The molecule has 0 radical (unpaired) electrons. The van der Waals surface area contributed by atoms with Crippen LogP contribution in [-0.4, -0.2) is 49.6 Å². The number of anilines is 1. The first-order valence-corrected chi connectivity index (χ1v) is 9.62. The van der Waals surface area contributed by atoms with Crippen LogP contribution in [0.5, 0.6) is 0 Å². The summed E-state index contributed by atoms with van der Waals surface area (Å²) in [5.74, 6) is 0.425. The highest BCUT2D eigenvalue weighted by molar-refractivity contribution is 5.98. The number of pyridine rings is 1. The SMILES string of the molecule is CCC1(C)CC(=O)N(C[NH+]2CCN(c3ccc(C(F)(F)F)c[nH+]3)CC2)C(=O)C1. The zero-order chi connectivity index (χ0) is 20.5. The van der Waals surface area contributed by atoms with E-state index in [-0.39, 0.29) is 17.2 Å². The van der Waals surface area contributed by atoms with Crippen molar-refractivity contribution in [2.45, 2.75) is 39.3 Å². The van der Waals surface area contributed by atoms with Gasteiger partial charge in [0, 0.05) is 18.9 Å². The number of piperazine rings is 1. The predicted octanol–water partition coefficient (Wildman–Crippen LogP) is 0.747. The molecule has 154 valence electrons. The normalized spacial score (nSPS) is 21.3. The van der Waals surface area contributed by atoms with E-state index in [0.717, 1.165) is 23.6 Å². The summed E-state index contributed by atoms with van der Waals surface area (Å²) >= 11 is 0. The molecular weight excluding hydrogens is 373 g/mol. The Kier molecular flexibility index (Phi) is 5.65. The number of H-pyrrole nitrogens is 1. The smallest absolute Gasteiger partial charge is 0.311 e. The summed E-state index contributed by atoms with van der Waals surface area (Å²) in [6.07, 6.45) is -1.79. The second kappa shape index (κ2) is 7.69. The maximum atomic E-state index is 12.7. The minimum absolute atomic E-state index is 0.105. The van der Waals surface area contributed by atoms with Crippen molar-refractivity contribution in [2.75, 3.05) is 37.7 Å². The topological polar surface area (TPSA) is 59.2 Å². The summed E-state index contributed by atoms with van der Waals surface area (Å²) < 4.78 is 38.0. The number of carbonyl (C=O) groups is 2. The number of aromatic amines is 1. The third kappa shape index (κ3) is 4.45. The van der Waals surface area contributed by atoms with Crippen molar-refractivity contribution in [2.24, 2.45) is 5.41 Å². The van der Waals surface area contributed by atoms with Crippen LogP contribution in [0.1, 0.15) is 38.7 Å². The van der Waals surface area contributed by atoms with Crippen LogP contribution in [0, 0.1) is 5.41 Å². The molecule has 2 fully saturated rings. The third-order valence-electron chi connectivity index (χ3n) is 5.93. The molecule has 0 spiro atoms. The van der Waals surface area contributed by atoms with E-state index in [1.165, 1.54) is 11.0 Å². The number of carbonyl (C=O) groups excluding carboxylic acids is 2. The van der Waals surface area contributed by atoms with Crippen LogP contribution in [0.15, 0.2) is 18.3 Å². The van der Waals surface area contributed by atoms with Gasteiger partial charge in [0.25, 0.3) is 5.82 Å². The number of imide groups is 1. The summed E-state index contributed by atoms with van der Waals surface area (Å²) in [5.41, 5.74) is -0.946. The van der Waals surface area contributed by atoms with Gasteiger partial charge in [-0.1, -0.05) is 13.8 Å². The number of nitrogens with zero attached hydrogens (tertiary/aromatic N) is 2. The fraction of sp³-hybridized carbons (Fsp3) is 0.632. The number of nitrogens with one attached hydrogen (secondary N) is 2. The summed E-state index contributed by atoms with van der Waals surface area (Å²) in [5, 5.41) is 0. The highest BCUT2D eigenvalue weighted by Crippen LogP contribution is 2.35. The number of amides is 2. The van der Waals surface area contributed by atoms with Gasteiger partial charge >= 0.3 is 6.18 Å². The maximum Gasteiger partial charge on any atom is 0.419 e. The molecule has 1 aromatic heterocycles. The second-order valence-corrected chi connectivity index (χ2v) is 8.09. The Balaban J connectivity index is 1.54. The van der Waals surface area contributed by atoms with E-state index in [1.807, 2.05) is 18.7 Å². The van der Waals surface area contributed by atoms with E-state index in [1.54, 1.807) is 0 Å². The number of halogens is 3. The Hall–Kier alpha value is -2.16. The Labute approximate surface area is 162 Å². The second-order valence-electron chi connectivity index (χ2n) is 8.09. The van der Waals surface area contributed by atoms with Gasteiger partial charge in [0.15, 0.2) is 6.67 Å². The molecule has 2 aliphatic heterocycles. The van der Waals surface area contributed by atoms with Gasteiger partial charge < -0.3 is 4.90 Å². The largest absolute Gasteiger partial charge is 0.419 e. The van der Waals surface area contributed by atoms with Crippen LogP contribution >= 0.6 is 0 Å². The Morgan fingerprint density at radius 2 is 1.75 bits per heavy atom. The highest BCUT2D eigenvalue weighted by Gasteiger charge is 2.41. The van der Waals surface area contributed by atoms with E-state index in [4.69, 9.17) is 0 Å². The van der Waals surface area contributed by atoms with Crippen LogP contribution < -0.4 is 14.8 Å². The monoisotopic (exact) mass is 400 g/mol. The number of alkyl halides is 3. The van der Waals surface area contributed by atoms with Gasteiger partial charge in [0.1, 0.15) is 32.4 Å². The van der Waals surface area contributed by atoms with Crippen molar-refractivity contribution in [1.82, 2.24) is 4.90 Å². The van der Waals surface area contributed by atoms with Crippen molar-refractivity contribution in [3.05, 3.63) is 23.9 Å². The summed E-state index contributed by atoms with van der Waals surface area (Å²) in [6.45, 7) is 7.03. The summed E-state index contributed by atoms with van der Waals surface area (Å²) in [7, 11) is 0. The van der Waals surface area contributed by atoms with Gasteiger partial charge in [-0.3, -0.25) is 14.5 Å². The number of hydrogen-bond acceptors (Lipinski definition) is 3. The molecule has 2 saturated heterocycles. The molecule has 0 atom stereocenters. The minimum Gasteiger partial charge on any atom is -0.311 e.